The van der Waals surface area contributed by atoms with Crippen LogP contribution < -0.4 is 0 Å². The molecule has 0 aliphatic carbocycles. The van der Waals surface area contributed by atoms with Crippen LogP contribution in [-0.2, 0) is 19.6 Å². The first-order valence-electron chi connectivity index (χ1n) is 6.59. The van der Waals surface area contributed by atoms with Crippen molar-refractivity contribution in [3.05, 3.63) is 27.7 Å². The van der Waals surface area contributed by atoms with Gasteiger partial charge in [0.05, 0.1) is 11.6 Å². The van der Waals surface area contributed by atoms with E-state index in [9.17, 15) is 13.2 Å². The van der Waals surface area contributed by atoms with E-state index >= 15 is 0 Å². The third-order valence-corrected chi connectivity index (χ3v) is 7.03. The largest absolute Gasteiger partial charge is 0.465 e. The Hall–Kier alpha value is -0.280. The van der Waals surface area contributed by atoms with Crippen LogP contribution in [0.2, 0.25) is 5.02 Å². The minimum Gasteiger partial charge on any atom is -0.465 e. The van der Waals surface area contributed by atoms with Crippen LogP contribution in [0.25, 0.3) is 0 Å². The lowest BCUT2D eigenvalue weighted by molar-refractivity contribution is -0.146. The second-order valence-electron chi connectivity index (χ2n) is 4.53. The van der Waals surface area contributed by atoms with Crippen molar-refractivity contribution in [2.75, 3.05) is 24.7 Å². The van der Waals surface area contributed by atoms with Gasteiger partial charge in [-0.05, 0) is 25.1 Å². The molecule has 0 spiro atoms. The Kier molecular flexibility index (Phi) is 6.18. The molecule has 1 aliphatic rings. The van der Waals surface area contributed by atoms with Gasteiger partial charge in [0.15, 0.2) is 0 Å². The number of sulfonamides is 1. The molecular formula is C13H15BrClNO4S2. The van der Waals surface area contributed by atoms with Crippen molar-refractivity contribution in [2.24, 2.45) is 0 Å². The summed E-state index contributed by atoms with van der Waals surface area (Å²) >= 11 is 10.8. The maximum absolute atomic E-state index is 12.8. The van der Waals surface area contributed by atoms with Crippen LogP contribution in [-0.4, -0.2) is 49.4 Å². The van der Waals surface area contributed by atoms with Crippen molar-refractivity contribution in [3.8, 4) is 0 Å². The van der Waals surface area contributed by atoms with Gasteiger partial charge in [-0.1, -0.05) is 27.5 Å². The normalized spacial score (nSPS) is 19.9. The standard InChI is InChI=1S/C13H15BrClNO4S2/c1-2-20-13(17)11-8-21-6-5-16(11)22(18,19)12-4-3-9(14)7-10(12)15/h3-4,7,11H,2,5-6,8H2,1H3. The summed E-state index contributed by atoms with van der Waals surface area (Å²) in [6.07, 6.45) is 0. The number of nitrogens with zero attached hydrogens (tertiary/aromatic N) is 1. The van der Waals surface area contributed by atoms with Crippen molar-refractivity contribution >= 4 is 55.3 Å². The van der Waals surface area contributed by atoms with Crippen molar-refractivity contribution in [3.63, 3.8) is 0 Å². The van der Waals surface area contributed by atoms with Gasteiger partial charge < -0.3 is 4.74 Å². The summed E-state index contributed by atoms with van der Waals surface area (Å²) in [5.41, 5.74) is 0. The van der Waals surface area contributed by atoms with Crippen LogP contribution >= 0.6 is 39.3 Å². The number of rotatable bonds is 4. The first-order valence-corrected chi connectivity index (χ1v) is 10.4. The zero-order valence-corrected chi connectivity index (χ0v) is 15.8. The minimum atomic E-state index is -3.86. The summed E-state index contributed by atoms with van der Waals surface area (Å²) in [5, 5.41) is 0.121. The molecule has 9 heteroatoms. The molecule has 0 aromatic heterocycles. The summed E-state index contributed by atoms with van der Waals surface area (Å²) in [5.74, 6) is 0.488. The number of benzene rings is 1. The molecule has 0 saturated carbocycles. The zero-order chi connectivity index (χ0) is 16.3. The van der Waals surface area contributed by atoms with E-state index in [1.165, 1.54) is 28.2 Å². The molecule has 0 radical (unpaired) electrons. The molecule has 1 aromatic carbocycles. The van der Waals surface area contributed by atoms with Crippen molar-refractivity contribution < 1.29 is 17.9 Å². The molecule has 2 rings (SSSR count). The highest BCUT2D eigenvalue weighted by molar-refractivity contribution is 9.10. The molecule has 122 valence electrons. The lowest BCUT2D eigenvalue weighted by atomic mass is 10.3. The first-order chi connectivity index (χ1) is 10.4. The quantitative estimate of drug-likeness (QED) is 0.690. The highest BCUT2D eigenvalue weighted by atomic mass is 79.9. The van der Waals surface area contributed by atoms with Gasteiger partial charge in [0.25, 0.3) is 0 Å². The smallest absolute Gasteiger partial charge is 0.325 e. The van der Waals surface area contributed by atoms with E-state index < -0.39 is 22.0 Å². The molecule has 1 fully saturated rings. The molecule has 1 atom stereocenters. The van der Waals surface area contributed by atoms with Gasteiger partial charge >= 0.3 is 5.97 Å². The average Bonchev–Trinajstić information content (AvgIpc) is 2.47. The van der Waals surface area contributed by atoms with E-state index in [2.05, 4.69) is 15.9 Å². The van der Waals surface area contributed by atoms with Crippen molar-refractivity contribution in [2.45, 2.75) is 17.9 Å². The number of hydrogen-bond donors (Lipinski definition) is 0. The van der Waals surface area contributed by atoms with Crippen LogP contribution in [0.5, 0.6) is 0 Å². The molecule has 0 amide bonds. The number of hydrogen-bond acceptors (Lipinski definition) is 5. The van der Waals surface area contributed by atoms with E-state index in [4.69, 9.17) is 16.3 Å². The van der Waals surface area contributed by atoms with Crippen LogP contribution in [0.15, 0.2) is 27.6 Å². The fraction of sp³-hybridized carbons (Fsp3) is 0.462. The number of carbonyl (C=O) groups excluding carboxylic acids is 1. The number of esters is 1. The topological polar surface area (TPSA) is 63.7 Å². The van der Waals surface area contributed by atoms with Gasteiger partial charge in [-0.25, -0.2) is 8.42 Å². The summed E-state index contributed by atoms with van der Waals surface area (Å²) in [6, 6.07) is 3.75. The number of thioether (sulfide) groups is 1. The van der Waals surface area contributed by atoms with Crippen LogP contribution in [0, 0.1) is 0 Å². The fourth-order valence-electron chi connectivity index (χ4n) is 2.11. The second kappa shape index (κ2) is 7.53. The summed E-state index contributed by atoms with van der Waals surface area (Å²) in [4.78, 5) is 12.0. The lowest BCUT2D eigenvalue weighted by Crippen LogP contribution is -2.50. The van der Waals surface area contributed by atoms with Gasteiger partial charge in [0, 0.05) is 22.5 Å². The predicted octanol–water partition coefficient (Wildman–Crippen LogP) is 2.77. The number of halogens is 2. The van der Waals surface area contributed by atoms with Crippen LogP contribution in [0.1, 0.15) is 6.92 Å². The molecule has 5 nitrogen and oxygen atoms in total. The molecule has 1 heterocycles. The van der Waals surface area contributed by atoms with Gasteiger partial charge in [-0.15, -0.1) is 0 Å². The predicted molar refractivity (Wildman–Crippen MR) is 90.8 cm³/mol. The maximum atomic E-state index is 12.8. The molecule has 0 bridgehead atoms. The van der Waals surface area contributed by atoms with E-state index in [-0.39, 0.29) is 23.1 Å². The molecule has 22 heavy (non-hydrogen) atoms. The Morgan fingerprint density at radius 3 is 2.91 bits per heavy atom. The molecular weight excluding hydrogens is 414 g/mol. The minimum absolute atomic E-state index is 0.00133. The Balaban J connectivity index is 2.38. The summed E-state index contributed by atoms with van der Waals surface area (Å²) < 4.78 is 32.6. The fourth-order valence-corrected chi connectivity index (χ4v) is 5.94. The van der Waals surface area contributed by atoms with Gasteiger partial charge in [0.2, 0.25) is 10.0 Å². The van der Waals surface area contributed by atoms with Gasteiger partial charge in [0.1, 0.15) is 10.9 Å². The van der Waals surface area contributed by atoms with Crippen molar-refractivity contribution in [1.29, 1.82) is 0 Å². The van der Waals surface area contributed by atoms with Crippen molar-refractivity contribution in [1.82, 2.24) is 4.31 Å². The van der Waals surface area contributed by atoms with E-state index in [1.54, 1.807) is 13.0 Å². The highest BCUT2D eigenvalue weighted by Gasteiger charge is 2.39. The Morgan fingerprint density at radius 2 is 2.27 bits per heavy atom. The average molecular weight is 429 g/mol. The van der Waals surface area contributed by atoms with Gasteiger partial charge in [-0.3, -0.25) is 4.79 Å². The van der Waals surface area contributed by atoms with Crippen LogP contribution in [0.4, 0.5) is 0 Å². The molecule has 1 aliphatic heterocycles. The maximum Gasteiger partial charge on any atom is 0.325 e. The third kappa shape index (κ3) is 3.79. The zero-order valence-electron chi connectivity index (χ0n) is 11.8. The number of ether oxygens (including phenoxy) is 1. The van der Waals surface area contributed by atoms with E-state index in [1.807, 2.05) is 0 Å². The second-order valence-corrected chi connectivity index (χ2v) is 8.86. The van der Waals surface area contributed by atoms with E-state index in [0.29, 0.717) is 16.0 Å². The third-order valence-electron chi connectivity index (χ3n) is 3.12. The first kappa shape index (κ1) is 18.1. The molecule has 1 saturated heterocycles. The highest BCUT2D eigenvalue weighted by Crippen LogP contribution is 2.31. The van der Waals surface area contributed by atoms with Crippen LogP contribution in [0.3, 0.4) is 0 Å². The molecule has 0 N–H and O–H groups in total. The van der Waals surface area contributed by atoms with Gasteiger partial charge in [-0.2, -0.15) is 16.1 Å². The number of carbonyl (C=O) groups is 1. The molecule has 1 aromatic rings. The Morgan fingerprint density at radius 1 is 1.55 bits per heavy atom. The summed E-state index contributed by atoms with van der Waals surface area (Å²) in [6.45, 7) is 2.16. The lowest BCUT2D eigenvalue weighted by Gasteiger charge is -2.32. The Bertz CT molecular complexity index is 668. The van der Waals surface area contributed by atoms with E-state index in [0.717, 1.165) is 0 Å². The Labute approximate surface area is 147 Å². The molecule has 1 unspecified atom stereocenters. The monoisotopic (exact) mass is 427 g/mol. The summed E-state index contributed by atoms with van der Waals surface area (Å²) in [7, 11) is -3.86. The SMILES string of the molecule is CCOC(=O)C1CSCCN1S(=O)(=O)c1ccc(Br)cc1Cl.